The summed E-state index contributed by atoms with van der Waals surface area (Å²) in [5.41, 5.74) is 6.68. The van der Waals surface area contributed by atoms with Crippen LogP contribution < -0.4 is 11.6 Å². The molecule has 1 aromatic heterocycles. The predicted molar refractivity (Wildman–Crippen MR) is 108 cm³/mol. The molecule has 158 valence electrons. The average molecular weight is 387 g/mol. The molecule has 0 fully saturated rings. The van der Waals surface area contributed by atoms with Crippen molar-refractivity contribution in [3.8, 4) is 0 Å². The van der Waals surface area contributed by atoms with Crippen molar-refractivity contribution in [1.82, 2.24) is 20.0 Å². The lowest BCUT2D eigenvalue weighted by Gasteiger charge is -2.12. The topological polar surface area (TPSA) is 129 Å². The number of Topliss-reactive ketones (excluding diaryl/α,β-unsaturated/α-hetero) is 2. The SMILES string of the molecule is CC.CC.CC.CC(=O)CN(N)/C=C(\N)COCc1cn(CC(C)=O)nn1. The number of hydrogen-bond donors (Lipinski definition) is 2. The van der Waals surface area contributed by atoms with Crippen molar-refractivity contribution >= 4 is 11.6 Å². The van der Waals surface area contributed by atoms with E-state index in [-0.39, 0.29) is 37.9 Å². The van der Waals surface area contributed by atoms with Gasteiger partial charge in [-0.05, 0) is 13.8 Å². The van der Waals surface area contributed by atoms with Crippen molar-refractivity contribution in [3.63, 3.8) is 0 Å². The lowest BCUT2D eigenvalue weighted by atomic mass is 10.4. The minimum Gasteiger partial charge on any atom is -0.399 e. The standard InChI is InChI=1S/C12H20N6O3.3C2H6/c1-9(19)3-17(14)5-11(13)7-21-8-12-6-18(16-15-12)4-10(2)20;3*1-2/h5-6H,3-4,7-8,13-14H2,1-2H3;3*1-2H3/b11-5-;;;. The van der Waals surface area contributed by atoms with Crippen LogP contribution in [-0.2, 0) is 27.5 Å². The quantitative estimate of drug-likeness (QED) is 0.487. The second-order valence-electron chi connectivity index (χ2n) is 4.68. The maximum atomic E-state index is 10.9. The van der Waals surface area contributed by atoms with Crippen LogP contribution >= 0.6 is 0 Å². The van der Waals surface area contributed by atoms with E-state index in [0.717, 1.165) is 0 Å². The molecule has 0 atom stereocenters. The Morgan fingerprint density at radius 1 is 1.15 bits per heavy atom. The van der Waals surface area contributed by atoms with Crippen molar-refractivity contribution in [2.75, 3.05) is 13.2 Å². The molecule has 0 unspecified atom stereocenters. The number of carbonyl (C=O) groups excluding carboxylic acids is 2. The fraction of sp³-hybridized carbons (Fsp3) is 0.667. The zero-order chi connectivity index (χ0) is 21.8. The molecule has 0 bridgehead atoms. The van der Waals surface area contributed by atoms with Crippen molar-refractivity contribution in [2.24, 2.45) is 11.6 Å². The number of carbonyl (C=O) groups is 2. The van der Waals surface area contributed by atoms with E-state index in [2.05, 4.69) is 10.3 Å². The van der Waals surface area contributed by atoms with Crippen LogP contribution in [0.3, 0.4) is 0 Å². The van der Waals surface area contributed by atoms with Gasteiger partial charge in [-0.1, -0.05) is 46.8 Å². The van der Waals surface area contributed by atoms with Gasteiger partial charge in [0.2, 0.25) is 0 Å². The highest BCUT2D eigenvalue weighted by atomic mass is 16.5. The molecule has 1 aromatic rings. The van der Waals surface area contributed by atoms with Crippen LogP contribution in [0.15, 0.2) is 18.1 Å². The number of hydrazine groups is 1. The molecular weight excluding hydrogens is 348 g/mol. The van der Waals surface area contributed by atoms with Gasteiger partial charge in [-0.3, -0.25) is 9.59 Å². The van der Waals surface area contributed by atoms with E-state index in [0.29, 0.717) is 11.4 Å². The number of rotatable bonds is 9. The maximum Gasteiger partial charge on any atom is 0.151 e. The number of nitrogens with two attached hydrogens (primary N) is 2. The second kappa shape index (κ2) is 20.1. The third-order valence-corrected chi connectivity index (χ3v) is 2.23. The molecule has 1 rings (SSSR count). The van der Waals surface area contributed by atoms with E-state index in [1.165, 1.54) is 29.7 Å². The van der Waals surface area contributed by atoms with E-state index < -0.39 is 0 Å². The highest BCUT2D eigenvalue weighted by Gasteiger charge is 2.04. The van der Waals surface area contributed by atoms with Gasteiger partial charge in [0.15, 0.2) is 11.6 Å². The summed E-state index contributed by atoms with van der Waals surface area (Å²) < 4.78 is 6.78. The molecular formula is C18H38N6O3. The molecule has 0 aliphatic rings. The lowest BCUT2D eigenvalue weighted by Crippen LogP contribution is -2.31. The summed E-state index contributed by atoms with van der Waals surface area (Å²) >= 11 is 0. The molecule has 0 aliphatic carbocycles. The third-order valence-electron chi connectivity index (χ3n) is 2.23. The zero-order valence-corrected chi connectivity index (χ0v) is 18.2. The van der Waals surface area contributed by atoms with Gasteiger partial charge in [-0.2, -0.15) is 0 Å². The molecule has 0 saturated heterocycles. The Labute approximate surface area is 163 Å². The first-order valence-electron chi connectivity index (χ1n) is 9.30. The van der Waals surface area contributed by atoms with Crippen molar-refractivity contribution in [2.45, 2.75) is 68.5 Å². The molecule has 1 heterocycles. The maximum absolute atomic E-state index is 10.9. The van der Waals surface area contributed by atoms with E-state index >= 15 is 0 Å². The minimum absolute atomic E-state index is 0.00643. The number of ketones is 2. The van der Waals surface area contributed by atoms with Gasteiger partial charge in [0, 0.05) is 6.20 Å². The van der Waals surface area contributed by atoms with Crippen molar-refractivity contribution < 1.29 is 14.3 Å². The summed E-state index contributed by atoms with van der Waals surface area (Å²) in [6.45, 7) is 15.5. The molecule has 0 aromatic carbocycles. The predicted octanol–water partition coefficient (Wildman–Crippen LogP) is 2.03. The average Bonchev–Trinajstić information content (AvgIpc) is 3.06. The molecule has 0 radical (unpaired) electrons. The zero-order valence-electron chi connectivity index (χ0n) is 18.2. The number of nitrogens with zero attached hydrogens (tertiary/aromatic N) is 4. The minimum atomic E-state index is -0.0652. The Hall–Kier alpha value is -2.26. The van der Waals surface area contributed by atoms with E-state index in [1.807, 2.05) is 41.5 Å². The summed E-state index contributed by atoms with van der Waals surface area (Å²) in [6.07, 6.45) is 3.07. The summed E-state index contributed by atoms with van der Waals surface area (Å²) in [4.78, 5) is 21.8. The Bertz CT molecular complexity index is 529. The van der Waals surface area contributed by atoms with Gasteiger partial charge in [0.1, 0.15) is 12.2 Å². The van der Waals surface area contributed by atoms with Gasteiger partial charge >= 0.3 is 0 Å². The third kappa shape index (κ3) is 18.3. The molecule has 0 aliphatic heterocycles. The summed E-state index contributed by atoms with van der Waals surface area (Å²) in [7, 11) is 0. The van der Waals surface area contributed by atoms with Crippen LogP contribution in [0.25, 0.3) is 0 Å². The highest BCUT2D eigenvalue weighted by Crippen LogP contribution is 1.98. The number of aromatic nitrogens is 3. The van der Waals surface area contributed by atoms with E-state index in [9.17, 15) is 9.59 Å². The van der Waals surface area contributed by atoms with Gasteiger partial charge < -0.3 is 15.5 Å². The summed E-state index contributed by atoms with van der Waals surface area (Å²) in [5.74, 6) is 5.48. The number of ether oxygens (including phenoxy) is 1. The first-order chi connectivity index (χ1) is 12.9. The summed E-state index contributed by atoms with van der Waals surface area (Å²) in [5, 5.41) is 8.85. The first-order valence-corrected chi connectivity index (χ1v) is 9.30. The van der Waals surface area contributed by atoms with E-state index in [4.69, 9.17) is 16.3 Å². The molecule has 9 heteroatoms. The van der Waals surface area contributed by atoms with Crippen LogP contribution in [0.5, 0.6) is 0 Å². The highest BCUT2D eigenvalue weighted by molar-refractivity contribution is 5.77. The van der Waals surface area contributed by atoms with Crippen LogP contribution in [0.2, 0.25) is 0 Å². The number of hydrogen-bond acceptors (Lipinski definition) is 8. The fourth-order valence-electron chi connectivity index (χ4n) is 1.54. The van der Waals surface area contributed by atoms with E-state index in [1.54, 1.807) is 6.20 Å². The molecule has 0 amide bonds. The van der Waals surface area contributed by atoms with Gasteiger partial charge in [0.25, 0.3) is 0 Å². The smallest absolute Gasteiger partial charge is 0.151 e. The van der Waals surface area contributed by atoms with Crippen LogP contribution in [0, 0.1) is 0 Å². The van der Waals surface area contributed by atoms with Gasteiger partial charge in [0.05, 0.1) is 31.7 Å². The lowest BCUT2D eigenvalue weighted by molar-refractivity contribution is -0.118. The van der Waals surface area contributed by atoms with Crippen LogP contribution in [0.1, 0.15) is 61.1 Å². The van der Waals surface area contributed by atoms with Crippen molar-refractivity contribution in [3.05, 3.63) is 23.8 Å². The Balaban J connectivity index is -0.000000869. The van der Waals surface area contributed by atoms with Gasteiger partial charge in [-0.25, -0.2) is 10.5 Å². The van der Waals surface area contributed by atoms with Crippen LogP contribution in [0.4, 0.5) is 0 Å². The Kier molecular flexibility index (Phi) is 21.9. The Morgan fingerprint density at radius 2 is 1.70 bits per heavy atom. The molecule has 4 N–H and O–H groups in total. The first kappa shape index (κ1) is 29.5. The molecule has 0 saturated carbocycles. The van der Waals surface area contributed by atoms with Crippen molar-refractivity contribution in [1.29, 1.82) is 0 Å². The monoisotopic (exact) mass is 386 g/mol. The summed E-state index contributed by atoms with van der Waals surface area (Å²) in [6, 6.07) is 0. The fourth-order valence-corrected chi connectivity index (χ4v) is 1.54. The molecule has 9 nitrogen and oxygen atoms in total. The Morgan fingerprint density at radius 3 is 2.19 bits per heavy atom. The normalized spacial score (nSPS) is 9.59. The molecule has 27 heavy (non-hydrogen) atoms. The largest absolute Gasteiger partial charge is 0.399 e. The van der Waals surface area contributed by atoms with Gasteiger partial charge in [-0.15, -0.1) is 5.10 Å². The molecule has 0 spiro atoms. The van der Waals surface area contributed by atoms with Crippen LogP contribution in [-0.4, -0.2) is 44.7 Å². The second-order valence-corrected chi connectivity index (χ2v) is 4.68.